The number of aromatic nitrogens is 3. The van der Waals surface area contributed by atoms with Crippen molar-refractivity contribution in [3.8, 4) is 0 Å². The van der Waals surface area contributed by atoms with Crippen molar-refractivity contribution in [3.05, 3.63) is 40.4 Å². The average Bonchev–Trinajstić information content (AvgIpc) is 2.59. The maximum absolute atomic E-state index is 13.0. The fraction of sp³-hybridized carbons (Fsp3) is 0.273. The van der Waals surface area contributed by atoms with Crippen molar-refractivity contribution in [3.63, 3.8) is 0 Å². The Morgan fingerprint density at radius 2 is 2.24 bits per heavy atom. The lowest BCUT2D eigenvalue weighted by Crippen LogP contribution is -2.05. The Morgan fingerprint density at radius 1 is 1.47 bits per heavy atom. The molecule has 0 amide bonds. The van der Waals surface area contributed by atoms with E-state index < -0.39 is 5.82 Å². The van der Waals surface area contributed by atoms with Gasteiger partial charge in [0.05, 0.1) is 5.02 Å². The molecule has 17 heavy (non-hydrogen) atoms. The van der Waals surface area contributed by atoms with Crippen molar-refractivity contribution in [2.75, 3.05) is 5.32 Å². The standard InChI is InChI=1S/C11H12ClFN4/c1-7-15-11(17(2)16-7)14-6-8-3-4-10(13)9(12)5-8/h3-5H,6H2,1-2H3,(H,14,15,16). The van der Waals surface area contributed by atoms with Crippen LogP contribution in [0.4, 0.5) is 10.3 Å². The minimum atomic E-state index is -0.412. The fourth-order valence-corrected chi connectivity index (χ4v) is 1.70. The number of nitrogens with one attached hydrogen (secondary N) is 1. The molecule has 2 rings (SSSR count). The largest absolute Gasteiger partial charge is 0.350 e. The highest BCUT2D eigenvalue weighted by molar-refractivity contribution is 6.30. The average molecular weight is 255 g/mol. The Kier molecular flexibility index (Phi) is 3.28. The molecule has 0 radical (unpaired) electrons. The number of benzene rings is 1. The van der Waals surface area contributed by atoms with Gasteiger partial charge in [-0.05, 0) is 24.6 Å². The third-order valence-electron chi connectivity index (χ3n) is 2.30. The molecule has 1 aromatic carbocycles. The number of nitrogens with zero attached hydrogens (tertiary/aromatic N) is 3. The molecule has 1 N–H and O–H groups in total. The molecule has 0 fully saturated rings. The molecule has 2 aromatic rings. The van der Waals surface area contributed by atoms with E-state index in [4.69, 9.17) is 11.6 Å². The van der Waals surface area contributed by atoms with E-state index in [2.05, 4.69) is 15.4 Å². The predicted molar refractivity (Wildman–Crippen MR) is 64.5 cm³/mol. The molecule has 4 nitrogen and oxygen atoms in total. The number of hydrogen-bond acceptors (Lipinski definition) is 3. The second kappa shape index (κ2) is 4.71. The van der Waals surface area contributed by atoms with E-state index in [-0.39, 0.29) is 5.02 Å². The summed E-state index contributed by atoms with van der Waals surface area (Å²) < 4.78 is 14.6. The van der Waals surface area contributed by atoms with Gasteiger partial charge < -0.3 is 5.32 Å². The summed E-state index contributed by atoms with van der Waals surface area (Å²) in [5, 5.41) is 7.34. The number of anilines is 1. The van der Waals surface area contributed by atoms with Gasteiger partial charge in [-0.15, -0.1) is 0 Å². The maximum atomic E-state index is 13.0. The second-order valence-corrected chi connectivity index (χ2v) is 4.12. The summed E-state index contributed by atoms with van der Waals surface area (Å²) in [6.45, 7) is 2.34. The summed E-state index contributed by atoms with van der Waals surface area (Å²) in [6.07, 6.45) is 0. The first kappa shape index (κ1) is 11.9. The van der Waals surface area contributed by atoms with Crippen LogP contribution in [0.3, 0.4) is 0 Å². The molecule has 6 heteroatoms. The van der Waals surface area contributed by atoms with Gasteiger partial charge >= 0.3 is 0 Å². The summed E-state index contributed by atoms with van der Waals surface area (Å²) in [7, 11) is 1.81. The van der Waals surface area contributed by atoms with Crippen LogP contribution in [0.2, 0.25) is 5.02 Å². The van der Waals surface area contributed by atoms with Gasteiger partial charge in [-0.2, -0.15) is 10.1 Å². The Labute approximate surface area is 103 Å². The monoisotopic (exact) mass is 254 g/mol. The van der Waals surface area contributed by atoms with Gasteiger partial charge in [0.15, 0.2) is 0 Å². The number of rotatable bonds is 3. The molecule has 1 aromatic heterocycles. The summed E-state index contributed by atoms with van der Waals surface area (Å²) in [6, 6.07) is 4.62. The van der Waals surface area contributed by atoms with Crippen LogP contribution in [0.1, 0.15) is 11.4 Å². The molecule has 0 saturated carbocycles. The number of aryl methyl sites for hydroxylation is 2. The Balaban J connectivity index is 2.07. The Bertz CT molecular complexity index is 538. The minimum Gasteiger partial charge on any atom is -0.350 e. The van der Waals surface area contributed by atoms with Crippen LogP contribution >= 0.6 is 11.6 Å². The second-order valence-electron chi connectivity index (χ2n) is 3.71. The maximum Gasteiger partial charge on any atom is 0.221 e. The molecule has 1 heterocycles. The Morgan fingerprint density at radius 3 is 2.82 bits per heavy atom. The third kappa shape index (κ3) is 2.74. The summed E-state index contributed by atoms with van der Waals surface area (Å²) in [5.41, 5.74) is 0.886. The van der Waals surface area contributed by atoms with Crippen LogP contribution in [-0.4, -0.2) is 14.8 Å². The highest BCUT2D eigenvalue weighted by Crippen LogP contribution is 2.16. The lowest BCUT2D eigenvalue weighted by Gasteiger charge is -2.05. The lowest BCUT2D eigenvalue weighted by molar-refractivity contribution is 0.627. The van der Waals surface area contributed by atoms with Crippen molar-refractivity contribution < 1.29 is 4.39 Å². The predicted octanol–water partition coefficient (Wildman–Crippen LogP) is 2.53. The molecule has 0 spiro atoms. The van der Waals surface area contributed by atoms with Crippen molar-refractivity contribution >= 4 is 17.5 Å². The van der Waals surface area contributed by atoms with Gasteiger partial charge in [-0.25, -0.2) is 9.07 Å². The smallest absolute Gasteiger partial charge is 0.221 e. The van der Waals surface area contributed by atoms with Gasteiger partial charge in [0.25, 0.3) is 0 Å². The summed E-state index contributed by atoms with van der Waals surface area (Å²) in [4.78, 5) is 4.20. The van der Waals surface area contributed by atoms with Gasteiger partial charge in [-0.1, -0.05) is 17.7 Å². The van der Waals surface area contributed by atoms with Crippen LogP contribution in [0, 0.1) is 12.7 Å². The number of hydrogen-bond donors (Lipinski definition) is 1. The molecule has 0 aliphatic heterocycles. The molecule has 0 saturated heterocycles. The molecule has 0 unspecified atom stereocenters. The van der Waals surface area contributed by atoms with Gasteiger partial charge in [0, 0.05) is 13.6 Å². The zero-order valence-corrected chi connectivity index (χ0v) is 10.3. The van der Waals surface area contributed by atoms with Gasteiger partial charge in [0.1, 0.15) is 11.6 Å². The highest BCUT2D eigenvalue weighted by atomic mass is 35.5. The van der Waals surface area contributed by atoms with E-state index in [0.717, 1.165) is 5.56 Å². The first-order valence-corrected chi connectivity index (χ1v) is 5.49. The zero-order valence-electron chi connectivity index (χ0n) is 9.54. The molecule has 0 atom stereocenters. The minimum absolute atomic E-state index is 0.124. The molecule has 90 valence electrons. The van der Waals surface area contributed by atoms with Crippen LogP contribution in [-0.2, 0) is 13.6 Å². The molecular formula is C11H12ClFN4. The third-order valence-corrected chi connectivity index (χ3v) is 2.59. The molecule has 0 aliphatic carbocycles. The van der Waals surface area contributed by atoms with Crippen LogP contribution in [0.5, 0.6) is 0 Å². The normalized spacial score (nSPS) is 10.6. The van der Waals surface area contributed by atoms with Gasteiger partial charge in [0.2, 0.25) is 5.95 Å². The van der Waals surface area contributed by atoms with E-state index in [1.165, 1.54) is 6.07 Å². The highest BCUT2D eigenvalue weighted by Gasteiger charge is 2.04. The van der Waals surface area contributed by atoms with E-state index in [0.29, 0.717) is 18.3 Å². The fourth-order valence-electron chi connectivity index (χ4n) is 1.50. The SMILES string of the molecule is Cc1nc(NCc2ccc(F)c(Cl)c2)n(C)n1. The molecule has 0 bridgehead atoms. The van der Waals surface area contributed by atoms with Crippen LogP contribution in [0.15, 0.2) is 18.2 Å². The molecular weight excluding hydrogens is 243 g/mol. The van der Waals surface area contributed by atoms with Crippen LogP contribution < -0.4 is 5.32 Å². The van der Waals surface area contributed by atoms with E-state index in [1.54, 1.807) is 23.9 Å². The molecule has 0 aliphatic rings. The lowest BCUT2D eigenvalue weighted by atomic mass is 10.2. The Hall–Kier alpha value is -1.62. The van der Waals surface area contributed by atoms with E-state index in [1.807, 2.05) is 6.92 Å². The quantitative estimate of drug-likeness (QED) is 0.915. The summed E-state index contributed by atoms with van der Waals surface area (Å²) >= 11 is 5.70. The van der Waals surface area contributed by atoms with Gasteiger partial charge in [-0.3, -0.25) is 0 Å². The van der Waals surface area contributed by atoms with Crippen LogP contribution in [0.25, 0.3) is 0 Å². The first-order valence-electron chi connectivity index (χ1n) is 5.11. The van der Waals surface area contributed by atoms with E-state index in [9.17, 15) is 4.39 Å². The van der Waals surface area contributed by atoms with E-state index >= 15 is 0 Å². The zero-order chi connectivity index (χ0) is 12.4. The number of halogens is 2. The topological polar surface area (TPSA) is 42.7 Å². The first-order chi connectivity index (χ1) is 8.06. The van der Waals surface area contributed by atoms with Crippen molar-refractivity contribution in [2.45, 2.75) is 13.5 Å². The van der Waals surface area contributed by atoms with Crippen molar-refractivity contribution in [2.24, 2.45) is 7.05 Å². The van der Waals surface area contributed by atoms with Crippen molar-refractivity contribution in [1.29, 1.82) is 0 Å². The summed E-state index contributed by atoms with van der Waals surface area (Å²) in [5.74, 6) is 0.958. The van der Waals surface area contributed by atoms with Crippen molar-refractivity contribution in [1.82, 2.24) is 14.8 Å².